The van der Waals surface area contributed by atoms with Crippen molar-refractivity contribution in [3.05, 3.63) is 65.2 Å². The van der Waals surface area contributed by atoms with Crippen molar-refractivity contribution < 1.29 is 19.0 Å². The second-order valence-electron chi connectivity index (χ2n) is 6.00. The van der Waals surface area contributed by atoms with Crippen LogP contribution in [0.1, 0.15) is 17.5 Å². The molecule has 3 rings (SSSR count). The number of aromatic nitrogens is 1. The maximum Gasteiger partial charge on any atom is 0.278 e. The van der Waals surface area contributed by atoms with Gasteiger partial charge in [-0.25, -0.2) is 4.98 Å². The molecule has 146 valence electrons. The van der Waals surface area contributed by atoms with E-state index in [1.165, 1.54) is 11.3 Å². The zero-order chi connectivity index (χ0) is 19.8. The third-order valence-electron chi connectivity index (χ3n) is 4.14. The number of nitrogens with zero attached hydrogens (tertiary/aromatic N) is 1. The van der Waals surface area contributed by atoms with E-state index in [4.69, 9.17) is 14.2 Å². The van der Waals surface area contributed by atoms with Gasteiger partial charge >= 0.3 is 0 Å². The molecule has 6 nitrogen and oxygen atoms in total. The summed E-state index contributed by atoms with van der Waals surface area (Å²) >= 11 is 1.44. The molecular weight excluding hydrogens is 376 g/mol. The molecule has 0 radical (unpaired) electrons. The second-order valence-corrected chi connectivity index (χ2v) is 6.86. The standard InChI is InChI=1S/C21H22N2O4S/c1-25-18-9-5-16(19(13-18)26-2)6-10-20(24)23-14-15-3-7-17(8-4-15)27-21-22-11-12-28-21/h3-5,7-9,11-13H,6,10,14H2,1-2H3,(H,23,24). The van der Waals surface area contributed by atoms with Crippen LogP contribution in [0.5, 0.6) is 22.4 Å². The number of methoxy groups -OCH3 is 2. The van der Waals surface area contributed by atoms with Crippen molar-refractivity contribution in [2.45, 2.75) is 19.4 Å². The Morgan fingerprint density at radius 1 is 1.07 bits per heavy atom. The third kappa shape index (κ3) is 5.47. The van der Waals surface area contributed by atoms with Gasteiger partial charge in [-0.3, -0.25) is 4.79 Å². The molecule has 0 aliphatic rings. The predicted octanol–water partition coefficient (Wildman–Crippen LogP) is 4.20. The summed E-state index contributed by atoms with van der Waals surface area (Å²) in [6.07, 6.45) is 2.68. The summed E-state index contributed by atoms with van der Waals surface area (Å²) in [7, 11) is 3.22. The highest BCUT2D eigenvalue weighted by molar-refractivity contribution is 7.11. The van der Waals surface area contributed by atoms with Gasteiger partial charge in [0, 0.05) is 30.6 Å². The van der Waals surface area contributed by atoms with E-state index < -0.39 is 0 Å². The first-order valence-corrected chi connectivity index (χ1v) is 9.70. The fraction of sp³-hybridized carbons (Fsp3) is 0.238. The summed E-state index contributed by atoms with van der Waals surface area (Å²) < 4.78 is 16.2. The van der Waals surface area contributed by atoms with Crippen molar-refractivity contribution in [1.29, 1.82) is 0 Å². The zero-order valence-corrected chi connectivity index (χ0v) is 16.6. The molecule has 3 aromatic rings. The summed E-state index contributed by atoms with van der Waals surface area (Å²) in [5.41, 5.74) is 1.98. The minimum absolute atomic E-state index is 0.0130. The molecule has 0 saturated carbocycles. The number of ether oxygens (including phenoxy) is 3. The lowest BCUT2D eigenvalue weighted by atomic mass is 10.1. The first-order valence-electron chi connectivity index (χ1n) is 8.82. The molecule has 1 aromatic heterocycles. The smallest absolute Gasteiger partial charge is 0.278 e. The molecule has 0 bridgehead atoms. The molecule has 28 heavy (non-hydrogen) atoms. The van der Waals surface area contributed by atoms with Crippen molar-refractivity contribution >= 4 is 17.2 Å². The first kappa shape index (κ1) is 19.7. The fourth-order valence-electron chi connectivity index (χ4n) is 2.63. The van der Waals surface area contributed by atoms with E-state index in [-0.39, 0.29) is 5.91 Å². The van der Waals surface area contributed by atoms with Crippen LogP contribution in [-0.4, -0.2) is 25.1 Å². The van der Waals surface area contributed by atoms with Crippen molar-refractivity contribution in [2.24, 2.45) is 0 Å². The monoisotopic (exact) mass is 398 g/mol. The van der Waals surface area contributed by atoms with Crippen LogP contribution in [0.3, 0.4) is 0 Å². The predicted molar refractivity (Wildman–Crippen MR) is 108 cm³/mol. The van der Waals surface area contributed by atoms with E-state index in [2.05, 4.69) is 10.3 Å². The van der Waals surface area contributed by atoms with Gasteiger partial charge in [-0.15, -0.1) is 0 Å². The highest BCUT2D eigenvalue weighted by Gasteiger charge is 2.08. The highest BCUT2D eigenvalue weighted by atomic mass is 32.1. The van der Waals surface area contributed by atoms with Gasteiger partial charge in [0.05, 0.1) is 14.2 Å². The Morgan fingerprint density at radius 2 is 1.86 bits per heavy atom. The topological polar surface area (TPSA) is 69.7 Å². The number of carbonyl (C=O) groups excluding carboxylic acids is 1. The van der Waals surface area contributed by atoms with Crippen molar-refractivity contribution in [3.63, 3.8) is 0 Å². The number of hydrogen-bond acceptors (Lipinski definition) is 6. The van der Waals surface area contributed by atoms with Crippen LogP contribution in [0.15, 0.2) is 54.0 Å². The van der Waals surface area contributed by atoms with Gasteiger partial charge in [0.15, 0.2) is 0 Å². The number of thiazole rings is 1. The lowest BCUT2D eigenvalue weighted by Crippen LogP contribution is -2.23. The second kappa shape index (κ2) is 9.75. The van der Waals surface area contributed by atoms with Crippen LogP contribution in [0.2, 0.25) is 0 Å². The number of rotatable bonds is 9. The number of benzene rings is 2. The number of nitrogens with one attached hydrogen (secondary N) is 1. The Kier molecular flexibility index (Phi) is 6.86. The largest absolute Gasteiger partial charge is 0.497 e. The molecule has 0 spiro atoms. The number of hydrogen-bond donors (Lipinski definition) is 1. The molecule has 1 amide bonds. The molecule has 0 unspecified atom stereocenters. The molecular formula is C21H22N2O4S. The SMILES string of the molecule is COc1ccc(CCC(=O)NCc2ccc(Oc3nccs3)cc2)c(OC)c1. The molecule has 1 N–H and O–H groups in total. The van der Waals surface area contributed by atoms with Crippen molar-refractivity contribution in [3.8, 4) is 22.4 Å². The van der Waals surface area contributed by atoms with Gasteiger partial charge in [-0.05, 0) is 35.7 Å². The molecule has 2 aromatic carbocycles. The van der Waals surface area contributed by atoms with E-state index in [1.807, 2.05) is 47.8 Å². The summed E-state index contributed by atoms with van der Waals surface area (Å²) in [4.78, 5) is 16.3. The van der Waals surface area contributed by atoms with Gasteiger partial charge < -0.3 is 19.5 Å². The summed E-state index contributed by atoms with van der Waals surface area (Å²) in [5.74, 6) is 2.16. The van der Waals surface area contributed by atoms with E-state index in [1.54, 1.807) is 20.4 Å². The lowest BCUT2D eigenvalue weighted by molar-refractivity contribution is -0.121. The molecule has 0 saturated heterocycles. The molecule has 0 atom stereocenters. The average Bonchev–Trinajstić information content (AvgIpc) is 3.24. The minimum Gasteiger partial charge on any atom is -0.497 e. The fourth-order valence-corrected chi connectivity index (χ4v) is 3.14. The van der Waals surface area contributed by atoms with Crippen LogP contribution in [0.25, 0.3) is 0 Å². The van der Waals surface area contributed by atoms with Crippen molar-refractivity contribution in [2.75, 3.05) is 14.2 Å². The normalized spacial score (nSPS) is 10.4. The molecule has 0 aliphatic heterocycles. The van der Waals surface area contributed by atoms with Gasteiger partial charge in [0.1, 0.15) is 17.2 Å². The maximum absolute atomic E-state index is 12.2. The quantitative estimate of drug-likeness (QED) is 0.585. The van der Waals surface area contributed by atoms with Crippen molar-refractivity contribution in [1.82, 2.24) is 10.3 Å². The van der Waals surface area contributed by atoms with E-state index in [0.29, 0.717) is 24.6 Å². The van der Waals surface area contributed by atoms with E-state index in [9.17, 15) is 4.79 Å². The number of amides is 1. The van der Waals surface area contributed by atoms with E-state index >= 15 is 0 Å². The molecule has 7 heteroatoms. The lowest BCUT2D eigenvalue weighted by Gasteiger charge is -2.11. The van der Waals surface area contributed by atoms with Crippen LogP contribution >= 0.6 is 11.3 Å². The van der Waals surface area contributed by atoms with Gasteiger partial charge in [0.25, 0.3) is 5.19 Å². The zero-order valence-electron chi connectivity index (χ0n) is 15.8. The van der Waals surface area contributed by atoms with Crippen LogP contribution in [-0.2, 0) is 17.8 Å². The third-order valence-corrected chi connectivity index (χ3v) is 4.79. The van der Waals surface area contributed by atoms with E-state index in [0.717, 1.165) is 28.4 Å². The summed E-state index contributed by atoms with van der Waals surface area (Å²) in [6, 6.07) is 13.2. The summed E-state index contributed by atoms with van der Waals surface area (Å²) in [5, 5.41) is 5.41. The van der Waals surface area contributed by atoms with Crippen LogP contribution in [0.4, 0.5) is 0 Å². The van der Waals surface area contributed by atoms with Gasteiger partial charge in [0.2, 0.25) is 5.91 Å². The van der Waals surface area contributed by atoms with Gasteiger partial charge in [-0.1, -0.05) is 29.5 Å². The van der Waals surface area contributed by atoms with Crippen LogP contribution < -0.4 is 19.5 Å². The molecule has 1 heterocycles. The Hall–Kier alpha value is -3.06. The molecule has 0 fully saturated rings. The Balaban J connectivity index is 1.46. The Labute approximate surface area is 168 Å². The maximum atomic E-state index is 12.2. The average molecular weight is 398 g/mol. The number of carbonyl (C=O) groups is 1. The Bertz CT molecular complexity index is 895. The number of aryl methyl sites for hydroxylation is 1. The van der Waals surface area contributed by atoms with Gasteiger partial charge in [-0.2, -0.15) is 0 Å². The molecule has 0 aliphatic carbocycles. The summed E-state index contributed by atoms with van der Waals surface area (Å²) in [6.45, 7) is 0.468. The van der Waals surface area contributed by atoms with Crippen LogP contribution in [0, 0.1) is 0 Å². The minimum atomic E-state index is -0.0130. The first-order chi connectivity index (χ1) is 13.7. The Morgan fingerprint density at radius 3 is 2.54 bits per heavy atom. The highest BCUT2D eigenvalue weighted by Crippen LogP contribution is 2.26.